The predicted molar refractivity (Wildman–Crippen MR) is 78.2 cm³/mol. The van der Waals surface area contributed by atoms with Gasteiger partial charge in [0, 0.05) is 7.05 Å². The summed E-state index contributed by atoms with van der Waals surface area (Å²) in [7, 11) is -2.78. The van der Waals surface area contributed by atoms with Crippen LogP contribution >= 0.6 is 11.6 Å². The van der Waals surface area contributed by atoms with Gasteiger partial charge in [-0.3, -0.25) is 4.31 Å². The van der Waals surface area contributed by atoms with Gasteiger partial charge in [0.05, 0.1) is 22.3 Å². The van der Waals surface area contributed by atoms with E-state index in [4.69, 9.17) is 16.9 Å². The van der Waals surface area contributed by atoms with E-state index < -0.39 is 15.8 Å². The normalized spacial score (nSPS) is 11.0. The van der Waals surface area contributed by atoms with Crippen LogP contribution in [0.25, 0.3) is 0 Å². The molecule has 0 saturated heterocycles. The van der Waals surface area contributed by atoms with Gasteiger partial charge in [0.15, 0.2) is 0 Å². The molecule has 2 aromatic carbocycles. The summed E-state index contributed by atoms with van der Waals surface area (Å²) < 4.78 is 39.5. The number of nitrogens with zero attached hydrogens (tertiary/aromatic N) is 2. The highest BCUT2D eigenvalue weighted by molar-refractivity contribution is 7.93. The van der Waals surface area contributed by atoms with Crippen LogP contribution in [0.1, 0.15) is 5.56 Å². The van der Waals surface area contributed by atoms with Crippen molar-refractivity contribution in [1.82, 2.24) is 0 Å². The maximum atomic E-state index is 13.7. The Balaban J connectivity index is 2.53. The number of hydrogen-bond donors (Lipinski definition) is 0. The Bertz CT molecular complexity index is 831. The lowest BCUT2D eigenvalue weighted by Gasteiger charge is -2.20. The first-order valence-corrected chi connectivity index (χ1v) is 7.63. The minimum absolute atomic E-state index is 0.0853. The number of para-hydroxylation sites is 1. The Hall–Kier alpha value is -2.10. The molecule has 0 fully saturated rings. The number of hydrogen-bond acceptors (Lipinski definition) is 3. The van der Waals surface area contributed by atoms with Crippen LogP contribution in [0.5, 0.6) is 0 Å². The van der Waals surface area contributed by atoms with Gasteiger partial charge in [-0.05, 0) is 30.3 Å². The zero-order chi connectivity index (χ0) is 15.6. The summed E-state index contributed by atoms with van der Waals surface area (Å²) in [5, 5.41) is 8.68. The molecule has 21 heavy (non-hydrogen) atoms. The third kappa shape index (κ3) is 2.84. The summed E-state index contributed by atoms with van der Waals surface area (Å²) in [6.07, 6.45) is 0. The Morgan fingerprint density at radius 2 is 1.90 bits per heavy atom. The minimum atomic E-state index is -4.02. The van der Waals surface area contributed by atoms with Gasteiger partial charge in [-0.15, -0.1) is 0 Å². The predicted octanol–water partition coefficient (Wildman–Crippen LogP) is 3.18. The van der Waals surface area contributed by atoms with Gasteiger partial charge < -0.3 is 0 Å². The van der Waals surface area contributed by atoms with Crippen molar-refractivity contribution >= 4 is 27.3 Å². The lowest BCUT2D eigenvalue weighted by Crippen LogP contribution is -2.27. The molecule has 2 aromatic rings. The van der Waals surface area contributed by atoms with E-state index in [-0.39, 0.29) is 21.2 Å². The van der Waals surface area contributed by atoms with E-state index in [1.807, 2.05) is 6.07 Å². The molecule has 2 rings (SSSR count). The average Bonchev–Trinajstić information content (AvgIpc) is 2.46. The smallest absolute Gasteiger partial charge is 0.265 e. The molecule has 0 aliphatic rings. The SMILES string of the molecule is CN(c1ccccc1F)S(=O)(=O)c1ccc(C#N)cc1Cl. The van der Waals surface area contributed by atoms with Gasteiger partial charge >= 0.3 is 0 Å². The number of halogens is 2. The van der Waals surface area contributed by atoms with Gasteiger partial charge in [-0.1, -0.05) is 23.7 Å². The number of sulfonamides is 1. The van der Waals surface area contributed by atoms with Crippen LogP contribution in [-0.2, 0) is 10.0 Å². The summed E-state index contributed by atoms with van der Waals surface area (Å²) in [4.78, 5) is -0.186. The van der Waals surface area contributed by atoms with Gasteiger partial charge in [-0.2, -0.15) is 5.26 Å². The highest BCUT2D eigenvalue weighted by Crippen LogP contribution is 2.29. The van der Waals surface area contributed by atoms with Crippen molar-refractivity contribution in [2.45, 2.75) is 4.90 Å². The molecule has 0 aliphatic carbocycles. The third-order valence-electron chi connectivity index (χ3n) is 2.89. The van der Waals surface area contributed by atoms with Gasteiger partial charge in [0.1, 0.15) is 10.7 Å². The molecule has 0 atom stereocenters. The fourth-order valence-electron chi connectivity index (χ4n) is 1.76. The zero-order valence-corrected chi connectivity index (χ0v) is 12.5. The highest BCUT2D eigenvalue weighted by atomic mass is 35.5. The topological polar surface area (TPSA) is 61.2 Å². The molecule has 0 saturated carbocycles. The summed E-state index contributed by atoms with van der Waals surface area (Å²) >= 11 is 5.91. The molecule has 7 heteroatoms. The molecule has 0 aromatic heterocycles. The van der Waals surface area contributed by atoms with E-state index in [0.29, 0.717) is 0 Å². The third-order valence-corrected chi connectivity index (χ3v) is 5.15. The van der Waals surface area contributed by atoms with E-state index in [9.17, 15) is 12.8 Å². The van der Waals surface area contributed by atoms with Crippen molar-refractivity contribution in [3.63, 3.8) is 0 Å². The maximum Gasteiger partial charge on any atom is 0.265 e. The van der Waals surface area contributed by atoms with Crippen LogP contribution in [0, 0.1) is 17.1 Å². The van der Waals surface area contributed by atoms with Crippen LogP contribution in [0.4, 0.5) is 10.1 Å². The number of anilines is 1. The van der Waals surface area contributed by atoms with E-state index in [0.717, 1.165) is 4.31 Å². The van der Waals surface area contributed by atoms with Crippen molar-refractivity contribution in [2.24, 2.45) is 0 Å². The Labute approximate surface area is 127 Å². The summed E-state index contributed by atoms with van der Waals surface area (Å²) in [5.74, 6) is -0.659. The second-order valence-electron chi connectivity index (χ2n) is 4.18. The number of nitriles is 1. The van der Waals surface area contributed by atoms with Gasteiger partial charge in [0.2, 0.25) is 0 Å². The molecule has 4 nitrogen and oxygen atoms in total. The van der Waals surface area contributed by atoms with E-state index in [1.165, 1.54) is 49.5 Å². The van der Waals surface area contributed by atoms with Crippen LogP contribution in [0.15, 0.2) is 47.4 Å². The average molecular weight is 325 g/mol. The molecule has 0 aliphatic heterocycles. The van der Waals surface area contributed by atoms with Crippen molar-refractivity contribution in [2.75, 3.05) is 11.4 Å². The molecule has 0 unspecified atom stereocenters. The number of rotatable bonds is 3. The summed E-state index contributed by atoms with van der Waals surface area (Å²) in [5.41, 5.74) is 0.158. The minimum Gasteiger partial charge on any atom is -0.266 e. The molecule has 0 N–H and O–H groups in total. The highest BCUT2D eigenvalue weighted by Gasteiger charge is 2.25. The summed E-state index contributed by atoms with van der Waals surface area (Å²) in [6, 6.07) is 11.2. The number of benzene rings is 2. The van der Waals surface area contributed by atoms with Crippen LogP contribution in [0.3, 0.4) is 0 Å². The van der Waals surface area contributed by atoms with Gasteiger partial charge in [0.25, 0.3) is 10.0 Å². The molecule has 108 valence electrons. The first-order valence-electron chi connectivity index (χ1n) is 5.81. The van der Waals surface area contributed by atoms with Crippen LogP contribution in [-0.4, -0.2) is 15.5 Å². The molecule has 0 radical (unpaired) electrons. The van der Waals surface area contributed by atoms with Crippen LogP contribution < -0.4 is 4.31 Å². The Kier molecular flexibility index (Phi) is 4.16. The standard InChI is InChI=1S/C14H10ClFN2O2S/c1-18(13-5-3-2-4-12(13)16)21(19,20)14-7-6-10(9-17)8-11(14)15/h2-8H,1H3. The van der Waals surface area contributed by atoms with Gasteiger partial charge in [-0.25, -0.2) is 12.8 Å². The monoisotopic (exact) mass is 324 g/mol. The quantitative estimate of drug-likeness (QED) is 0.871. The van der Waals surface area contributed by atoms with E-state index >= 15 is 0 Å². The van der Waals surface area contributed by atoms with E-state index in [2.05, 4.69) is 0 Å². The first kappa shape index (κ1) is 15.3. The fraction of sp³-hybridized carbons (Fsp3) is 0.0714. The first-order chi connectivity index (χ1) is 9.87. The lowest BCUT2D eigenvalue weighted by atomic mass is 10.2. The second-order valence-corrected chi connectivity index (χ2v) is 6.53. The second kappa shape index (κ2) is 5.72. The van der Waals surface area contributed by atoms with Crippen molar-refractivity contribution < 1.29 is 12.8 Å². The fourth-order valence-corrected chi connectivity index (χ4v) is 3.48. The van der Waals surface area contributed by atoms with Crippen molar-refractivity contribution in [3.8, 4) is 6.07 Å². The van der Waals surface area contributed by atoms with Crippen LogP contribution in [0.2, 0.25) is 5.02 Å². The molecule has 0 heterocycles. The molecular weight excluding hydrogens is 315 g/mol. The molecule has 0 bridgehead atoms. The molecular formula is C14H10ClFN2O2S. The zero-order valence-electron chi connectivity index (χ0n) is 10.9. The Morgan fingerprint density at radius 1 is 1.24 bits per heavy atom. The summed E-state index contributed by atoms with van der Waals surface area (Å²) in [6.45, 7) is 0. The van der Waals surface area contributed by atoms with E-state index in [1.54, 1.807) is 0 Å². The largest absolute Gasteiger partial charge is 0.266 e. The lowest BCUT2D eigenvalue weighted by molar-refractivity contribution is 0.589. The molecule has 0 amide bonds. The maximum absolute atomic E-state index is 13.7. The van der Waals surface area contributed by atoms with Crippen molar-refractivity contribution in [3.05, 3.63) is 58.9 Å². The molecule has 0 spiro atoms. The van der Waals surface area contributed by atoms with Crippen molar-refractivity contribution in [1.29, 1.82) is 5.26 Å². The Morgan fingerprint density at radius 3 is 2.48 bits per heavy atom.